The average Bonchev–Trinajstić information content (AvgIpc) is 3.31. The molecule has 1 aliphatic rings. The van der Waals surface area contributed by atoms with Crippen LogP contribution in [0.2, 0.25) is 0 Å². The Morgan fingerprint density at radius 1 is 0.906 bits per heavy atom. The van der Waals surface area contributed by atoms with Gasteiger partial charge in [-0.25, -0.2) is 4.79 Å². The van der Waals surface area contributed by atoms with Crippen molar-refractivity contribution in [3.05, 3.63) is 86.4 Å². The highest BCUT2D eigenvalue weighted by Gasteiger charge is 2.21. The van der Waals surface area contributed by atoms with Crippen LogP contribution in [0.1, 0.15) is 21.9 Å². The Kier molecular flexibility index (Phi) is 4.98. The lowest BCUT2D eigenvalue weighted by Gasteiger charge is -2.07. The van der Waals surface area contributed by atoms with Crippen molar-refractivity contribution in [3.8, 4) is 28.4 Å². The van der Waals surface area contributed by atoms with Crippen LogP contribution in [0.15, 0.2) is 68.3 Å². The zero-order valence-electron chi connectivity index (χ0n) is 17.2. The van der Waals surface area contributed by atoms with Gasteiger partial charge in [0.05, 0.1) is 16.3 Å². The Hall–Kier alpha value is -3.58. The van der Waals surface area contributed by atoms with Gasteiger partial charge in [0, 0.05) is 4.47 Å². The first kappa shape index (κ1) is 20.3. The molecular formula is C25H17BrO6. The molecule has 1 aromatic heterocycles. The second-order valence-corrected chi connectivity index (χ2v) is 8.23. The van der Waals surface area contributed by atoms with Crippen LogP contribution >= 0.6 is 15.9 Å². The van der Waals surface area contributed by atoms with E-state index < -0.39 is 5.97 Å². The first-order valence-corrected chi connectivity index (χ1v) is 10.7. The summed E-state index contributed by atoms with van der Waals surface area (Å²) >= 11 is 3.38. The standard InChI is InChI=1S/C25H17BrO6/c1-13-23-19(27)9-16(15-7-8-20-21(10-15)30-12-29-20)11-22(24(23)14(2)31-13)32-25(28)17-5-3-4-6-18(17)26/h3-11H,12H2,1-2H3. The molecule has 6 nitrogen and oxygen atoms in total. The maximum atomic E-state index is 13.1. The SMILES string of the molecule is Cc1oc(C)c2c(=O)cc(-c3ccc4c(c3)OCO4)cc(OC(=O)c3ccccc3Br)c12. The molecule has 0 saturated heterocycles. The highest BCUT2D eigenvalue weighted by atomic mass is 79.9. The molecule has 2 heterocycles. The van der Waals surface area contributed by atoms with Gasteiger partial charge in [-0.2, -0.15) is 0 Å². The Morgan fingerprint density at radius 2 is 1.66 bits per heavy atom. The van der Waals surface area contributed by atoms with Crippen LogP contribution in [0.25, 0.3) is 21.9 Å². The lowest BCUT2D eigenvalue weighted by Crippen LogP contribution is -2.09. The molecule has 4 aromatic rings. The molecule has 0 aliphatic carbocycles. The zero-order valence-corrected chi connectivity index (χ0v) is 18.8. The molecule has 0 spiro atoms. The number of carbonyl (C=O) groups excluding carboxylic acids is 1. The van der Waals surface area contributed by atoms with Crippen molar-refractivity contribution in [2.45, 2.75) is 13.8 Å². The summed E-state index contributed by atoms with van der Waals surface area (Å²) in [6.45, 7) is 3.61. The van der Waals surface area contributed by atoms with E-state index in [0.29, 0.717) is 49.4 Å². The van der Waals surface area contributed by atoms with Crippen molar-refractivity contribution in [1.82, 2.24) is 0 Å². The Morgan fingerprint density at radius 3 is 2.47 bits per heavy atom. The highest BCUT2D eigenvalue weighted by molar-refractivity contribution is 9.10. The van der Waals surface area contributed by atoms with Crippen LogP contribution in [0.3, 0.4) is 0 Å². The number of fused-ring (bicyclic) bond motifs is 2. The Labute approximate surface area is 191 Å². The van der Waals surface area contributed by atoms with Gasteiger partial charge < -0.3 is 18.6 Å². The average molecular weight is 493 g/mol. The minimum Gasteiger partial charge on any atom is -0.465 e. The molecule has 3 aromatic carbocycles. The molecule has 0 fully saturated rings. The fourth-order valence-electron chi connectivity index (χ4n) is 3.85. The zero-order chi connectivity index (χ0) is 22.4. The van der Waals surface area contributed by atoms with E-state index in [1.54, 1.807) is 50.2 Å². The lowest BCUT2D eigenvalue weighted by molar-refractivity contribution is 0.0736. The maximum Gasteiger partial charge on any atom is 0.344 e. The molecule has 0 atom stereocenters. The second kappa shape index (κ2) is 7.84. The second-order valence-electron chi connectivity index (χ2n) is 7.37. The molecule has 0 amide bonds. The van der Waals surface area contributed by atoms with Crippen LogP contribution in [-0.2, 0) is 0 Å². The van der Waals surface area contributed by atoms with E-state index in [9.17, 15) is 9.59 Å². The number of esters is 1. The molecule has 160 valence electrons. The summed E-state index contributed by atoms with van der Waals surface area (Å²) in [4.78, 5) is 26.1. The van der Waals surface area contributed by atoms with Gasteiger partial charge in [0.1, 0.15) is 17.3 Å². The topological polar surface area (TPSA) is 75.0 Å². The van der Waals surface area contributed by atoms with Crippen LogP contribution in [0, 0.1) is 13.8 Å². The van der Waals surface area contributed by atoms with Crippen LogP contribution in [0.4, 0.5) is 0 Å². The van der Waals surface area contributed by atoms with Gasteiger partial charge in [-0.1, -0.05) is 18.2 Å². The van der Waals surface area contributed by atoms with E-state index in [4.69, 9.17) is 18.6 Å². The molecule has 0 unspecified atom stereocenters. The van der Waals surface area contributed by atoms with Crippen LogP contribution in [-0.4, -0.2) is 12.8 Å². The Balaban J connectivity index is 1.72. The number of carbonyl (C=O) groups is 1. The summed E-state index contributed by atoms with van der Waals surface area (Å²) in [5, 5.41) is 0.851. The number of aryl methyl sites for hydroxylation is 2. The summed E-state index contributed by atoms with van der Waals surface area (Å²) in [6, 6.07) is 15.6. The van der Waals surface area contributed by atoms with Gasteiger partial charge in [-0.15, -0.1) is 0 Å². The third kappa shape index (κ3) is 3.44. The van der Waals surface area contributed by atoms with Crippen molar-refractivity contribution in [3.63, 3.8) is 0 Å². The van der Waals surface area contributed by atoms with Gasteiger partial charge in [0.15, 0.2) is 16.9 Å². The predicted octanol–water partition coefficient (Wildman–Crippen LogP) is 5.79. The van der Waals surface area contributed by atoms with Gasteiger partial charge >= 0.3 is 5.97 Å². The highest BCUT2D eigenvalue weighted by Crippen LogP contribution is 2.38. The summed E-state index contributed by atoms with van der Waals surface area (Å²) < 4.78 is 23.0. The van der Waals surface area contributed by atoms with E-state index in [2.05, 4.69) is 15.9 Å². The Bertz CT molecular complexity index is 1450. The monoisotopic (exact) mass is 492 g/mol. The number of hydrogen-bond donors (Lipinski definition) is 0. The van der Waals surface area contributed by atoms with E-state index in [1.165, 1.54) is 6.07 Å². The molecule has 0 radical (unpaired) electrons. The third-order valence-corrected chi connectivity index (χ3v) is 6.02. The van der Waals surface area contributed by atoms with E-state index >= 15 is 0 Å². The molecule has 32 heavy (non-hydrogen) atoms. The van der Waals surface area contributed by atoms with Crippen molar-refractivity contribution in [2.24, 2.45) is 0 Å². The molecule has 0 bridgehead atoms. The molecule has 1 aliphatic heterocycles. The van der Waals surface area contributed by atoms with Crippen molar-refractivity contribution in [2.75, 3.05) is 6.79 Å². The minimum absolute atomic E-state index is 0.150. The molecule has 5 rings (SSSR count). The molecular weight excluding hydrogens is 476 g/mol. The van der Waals surface area contributed by atoms with Crippen molar-refractivity contribution < 1.29 is 23.4 Å². The number of rotatable bonds is 3. The van der Waals surface area contributed by atoms with Crippen LogP contribution in [0.5, 0.6) is 17.2 Å². The van der Waals surface area contributed by atoms with Gasteiger partial charge in [-0.3, -0.25) is 4.79 Å². The van der Waals surface area contributed by atoms with Gasteiger partial charge in [0.2, 0.25) is 6.79 Å². The summed E-state index contributed by atoms with van der Waals surface area (Å²) in [5.74, 6) is 1.89. The summed E-state index contributed by atoms with van der Waals surface area (Å²) in [7, 11) is 0. The number of furan rings is 1. The smallest absolute Gasteiger partial charge is 0.344 e. The van der Waals surface area contributed by atoms with Crippen LogP contribution < -0.4 is 19.6 Å². The van der Waals surface area contributed by atoms with Crippen molar-refractivity contribution in [1.29, 1.82) is 0 Å². The number of benzene rings is 2. The normalized spacial score (nSPS) is 12.2. The van der Waals surface area contributed by atoms with E-state index in [0.717, 1.165) is 5.56 Å². The first-order chi connectivity index (χ1) is 15.4. The molecule has 7 heteroatoms. The fraction of sp³-hybridized carbons (Fsp3) is 0.120. The van der Waals surface area contributed by atoms with Crippen molar-refractivity contribution >= 4 is 32.7 Å². The molecule has 0 saturated carbocycles. The summed E-state index contributed by atoms with van der Waals surface area (Å²) in [5.41, 5.74) is 1.45. The first-order valence-electron chi connectivity index (χ1n) is 9.87. The largest absolute Gasteiger partial charge is 0.465 e. The number of halogens is 1. The minimum atomic E-state index is -0.549. The third-order valence-electron chi connectivity index (χ3n) is 5.33. The number of hydrogen-bond acceptors (Lipinski definition) is 6. The predicted molar refractivity (Wildman–Crippen MR) is 123 cm³/mol. The van der Waals surface area contributed by atoms with E-state index in [1.807, 2.05) is 12.1 Å². The summed E-state index contributed by atoms with van der Waals surface area (Å²) in [6.07, 6.45) is 0. The molecule has 0 N–H and O–H groups in total. The van der Waals surface area contributed by atoms with Gasteiger partial charge in [0.25, 0.3) is 0 Å². The number of ether oxygens (including phenoxy) is 3. The van der Waals surface area contributed by atoms with Gasteiger partial charge in [-0.05, 0) is 77.3 Å². The quantitative estimate of drug-likeness (QED) is 0.337. The lowest BCUT2D eigenvalue weighted by atomic mass is 10.1. The maximum absolute atomic E-state index is 13.1. The fourth-order valence-corrected chi connectivity index (χ4v) is 4.30. The van der Waals surface area contributed by atoms with E-state index in [-0.39, 0.29) is 18.0 Å².